The van der Waals surface area contributed by atoms with Gasteiger partial charge in [-0.05, 0) is 53.6 Å². The zero-order valence-electron chi connectivity index (χ0n) is 18.8. The Bertz CT molecular complexity index is 1420. The molecule has 0 saturated carbocycles. The molecule has 1 amide bonds. The Morgan fingerprint density at radius 1 is 1.06 bits per heavy atom. The maximum absolute atomic E-state index is 14.9. The molecule has 0 saturated heterocycles. The van der Waals surface area contributed by atoms with E-state index in [4.69, 9.17) is 10.5 Å². The number of halogens is 2. The first-order valence-electron chi connectivity index (χ1n) is 10.8. The molecule has 36 heavy (non-hydrogen) atoms. The van der Waals surface area contributed by atoms with Gasteiger partial charge in [0.25, 0.3) is 5.91 Å². The van der Waals surface area contributed by atoms with Gasteiger partial charge in [0.15, 0.2) is 23.2 Å². The van der Waals surface area contributed by atoms with Crippen LogP contribution in [0.2, 0.25) is 0 Å². The standard InChI is InChI=1S/C26H20F2N6O2/c27-22-18(12-29)11-19(15-34-26(35)17-3-1-9-31-14-17)24(23(22)28)33-13-16-5-7-20(8-6-16)36-21-4-2-10-32-25(21)30/h1-11,14,33H,13,15H2,(H2,30,32)(H,34,35). The minimum Gasteiger partial charge on any atom is -0.453 e. The van der Waals surface area contributed by atoms with E-state index in [0.29, 0.717) is 17.1 Å². The number of hydrogen-bond acceptors (Lipinski definition) is 7. The Balaban J connectivity index is 1.49. The summed E-state index contributed by atoms with van der Waals surface area (Å²) in [6.07, 6.45) is 4.47. The van der Waals surface area contributed by atoms with Gasteiger partial charge >= 0.3 is 0 Å². The van der Waals surface area contributed by atoms with Crippen molar-refractivity contribution < 1.29 is 18.3 Å². The summed E-state index contributed by atoms with van der Waals surface area (Å²) in [6.45, 7) is 0.00236. The highest BCUT2D eigenvalue weighted by Gasteiger charge is 2.19. The van der Waals surface area contributed by atoms with E-state index in [0.717, 1.165) is 5.56 Å². The second-order valence-corrected chi connectivity index (χ2v) is 7.61. The van der Waals surface area contributed by atoms with E-state index in [-0.39, 0.29) is 30.2 Å². The van der Waals surface area contributed by atoms with Gasteiger partial charge in [0.05, 0.1) is 16.8 Å². The number of nitriles is 1. The Kier molecular flexibility index (Phi) is 7.31. The molecule has 0 spiro atoms. The zero-order chi connectivity index (χ0) is 25.5. The maximum Gasteiger partial charge on any atom is 0.253 e. The number of amides is 1. The number of ether oxygens (including phenoxy) is 1. The third kappa shape index (κ3) is 5.53. The van der Waals surface area contributed by atoms with Crippen molar-refractivity contribution in [2.24, 2.45) is 0 Å². The number of anilines is 2. The van der Waals surface area contributed by atoms with Crippen molar-refractivity contribution >= 4 is 17.4 Å². The van der Waals surface area contributed by atoms with Gasteiger partial charge in [-0.1, -0.05) is 12.1 Å². The number of carbonyl (C=O) groups excluding carboxylic acids is 1. The van der Waals surface area contributed by atoms with Crippen LogP contribution in [-0.2, 0) is 13.1 Å². The van der Waals surface area contributed by atoms with Gasteiger partial charge in [-0.2, -0.15) is 5.26 Å². The molecule has 0 aliphatic heterocycles. The Labute approximate surface area is 205 Å². The number of pyridine rings is 2. The first-order chi connectivity index (χ1) is 17.5. The molecule has 0 atom stereocenters. The molecule has 0 bridgehead atoms. The van der Waals surface area contributed by atoms with Crippen LogP contribution in [0.4, 0.5) is 20.3 Å². The van der Waals surface area contributed by atoms with Crippen molar-refractivity contribution in [1.29, 1.82) is 5.26 Å². The van der Waals surface area contributed by atoms with Crippen LogP contribution < -0.4 is 21.1 Å². The molecule has 0 fully saturated rings. The molecule has 8 nitrogen and oxygen atoms in total. The molecular weight excluding hydrogens is 466 g/mol. The van der Waals surface area contributed by atoms with Crippen LogP contribution in [0, 0.1) is 23.0 Å². The van der Waals surface area contributed by atoms with Gasteiger partial charge in [0.2, 0.25) is 0 Å². The summed E-state index contributed by atoms with van der Waals surface area (Å²) in [4.78, 5) is 20.2. The van der Waals surface area contributed by atoms with Crippen LogP contribution in [0.3, 0.4) is 0 Å². The van der Waals surface area contributed by atoms with E-state index >= 15 is 0 Å². The highest BCUT2D eigenvalue weighted by atomic mass is 19.2. The van der Waals surface area contributed by atoms with Crippen molar-refractivity contribution in [2.75, 3.05) is 11.1 Å². The molecular formula is C26H20F2N6O2. The van der Waals surface area contributed by atoms with E-state index in [1.807, 2.05) is 0 Å². The van der Waals surface area contributed by atoms with Crippen molar-refractivity contribution in [3.63, 3.8) is 0 Å². The summed E-state index contributed by atoms with van der Waals surface area (Å²) in [5.74, 6) is -1.72. The molecule has 10 heteroatoms. The summed E-state index contributed by atoms with van der Waals surface area (Å²) in [5, 5.41) is 14.7. The number of hydrogen-bond donors (Lipinski definition) is 3. The summed E-state index contributed by atoms with van der Waals surface area (Å²) >= 11 is 0. The fourth-order valence-corrected chi connectivity index (χ4v) is 3.35. The molecule has 4 N–H and O–H groups in total. The molecule has 4 aromatic rings. The van der Waals surface area contributed by atoms with Crippen LogP contribution >= 0.6 is 0 Å². The molecule has 4 rings (SSSR count). The molecule has 0 unspecified atom stereocenters. The monoisotopic (exact) mass is 486 g/mol. The summed E-state index contributed by atoms with van der Waals surface area (Å²) in [7, 11) is 0. The van der Waals surface area contributed by atoms with E-state index < -0.39 is 23.1 Å². The Morgan fingerprint density at radius 3 is 2.53 bits per heavy atom. The van der Waals surface area contributed by atoms with Gasteiger partial charge in [0.1, 0.15) is 11.8 Å². The predicted octanol–water partition coefficient (Wildman–Crippen LogP) is 4.54. The fraction of sp³-hybridized carbons (Fsp3) is 0.0769. The summed E-state index contributed by atoms with van der Waals surface area (Å²) < 4.78 is 34.9. The smallest absolute Gasteiger partial charge is 0.253 e. The highest BCUT2D eigenvalue weighted by Crippen LogP contribution is 2.28. The average molecular weight is 486 g/mol. The van der Waals surface area contributed by atoms with Crippen LogP contribution in [-0.4, -0.2) is 15.9 Å². The maximum atomic E-state index is 14.9. The topological polar surface area (TPSA) is 126 Å². The number of nitrogens with zero attached hydrogens (tertiary/aromatic N) is 3. The molecule has 2 aromatic carbocycles. The van der Waals surface area contributed by atoms with Gasteiger partial charge in [-0.25, -0.2) is 13.8 Å². The Hall–Kier alpha value is -5.04. The lowest BCUT2D eigenvalue weighted by Crippen LogP contribution is -2.24. The van der Waals surface area contributed by atoms with Crippen molar-refractivity contribution in [2.45, 2.75) is 13.1 Å². The zero-order valence-corrected chi connectivity index (χ0v) is 18.8. The minimum atomic E-state index is -1.26. The predicted molar refractivity (Wildman–Crippen MR) is 129 cm³/mol. The number of benzene rings is 2. The lowest BCUT2D eigenvalue weighted by atomic mass is 10.1. The van der Waals surface area contributed by atoms with Gasteiger partial charge in [-0.15, -0.1) is 0 Å². The number of rotatable bonds is 8. The molecule has 2 aromatic heterocycles. The van der Waals surface area contributed by atoms with Crippen molar-refractivity contribution in [3.05, 3.63) is 107 Å². The Morgan fingerprint density at radius 2 is 1.83 bits per heavy atom. The largest absolute Gasteiger partial charge is 0.453 e. The summed E-state index contributed by atoms with van der Waals surface area (Å²) in [5.41, 5.74) is 6.45. The fourth-order valence-electron chi connectivity index (χ4n) is 3.35. The normalized spacial score (nSPS) is 10.4. The third-order valence-corrected chi connectivity index (χ3v) is 5.19. The SMILES string of the molecule is N#Cc1cc(CNC(=O)c2cccnc2)c(NCc2ccc(Oc3cccnc3N)cc2)c(F)c1F. The molecule has 0 aliphatic rings. The number of nitrogens with one attached hydrogen (secondary N) is 2. The second-order valence-electron chi connectivity index (χ2n) is 7.61. The van der Waals surface area contributed by atoms with Crippen molar-refractivity contribution in [1.82, 2.24) is 15.3 Å². The van der Waals surface area contributed by atoms with Gasteiger partial charge in [-0.3, -0.25) is 9.78 Å². The first kappa shape index (κ1) is 24.1. The highest BCUT2D eigenvalue weighted by molar-refractivity contribution is 5.93. The lowest BCUT2D eigenvalue weighted by molar-refractivity contribution is 0.0950. The van der Waals surface area contributed by atoms with Crippen LogP contribution in [0.5, 0.6) is 11.5 Å². The number of aromatic nitrogens is 2. The first-order valence-corrected chi connectivity index (χ1v) is 10.8. The number of carbonyl (C=O) groups is 1. The number of nitrogen functional groups attached to an aromatic ring is 1. The van der Waals surface area contributed by atoms with Crippen LogP contribution in [0.1, 0.15) is 27.0 Å². The lowest BCUT2D eigenvalue weighted by Gasteiger charge is -2.16. The number of nitrogens with two attached hydrogens (primary N) is 1. The third-order valence-electron chi connectivity index (χ3n) is 5.19. The average Bonchev–Trinajstić information content (AvgIpc) is 2.91. The van der Waals surface area contributed by atoms with E-state index in [9.17, 15) is 18.8 Å². The van der Waals surface area contributed by atoms with Crippen molar-refractivity contribution in [3.8, 4) is 17.6 Å². The molecule has 2 heterocycles. The molecule has 180 valence electrons. The van der Waals surface area contributed by atoms with E-state index in [1.54, 1.807) is 60.8 Å². The van der Waals surface area contributed by atoms with Crippen LogP contribution in [0.15, 0.2) is 73.2 Å². The van der Waals surface area contributed by atoms with E-state index in [1.165, 1.54) is 18.5 Å². The van der Waals surface area contributed by atoms with Gasteiger partial charge in [0, 0.05) is 31.7 Å². The summed E-state index contributed by atoms with van der Waals surface area (Å²) in [6, 6.07) is 16.3. The molecule has 0 radical (unpaired) electrons. The second kappa shape index (κ2) is 10.9. The van der Waals surface area contributed by atoms with Crippen LogP contribution in [0.25, 0.3) is 0 Å². The molecule has 0 aliphatic carbocycles. The quantitative estimate of drug-likeness (QED) is 0.334. The van der Waals surface area contributed by atoms with E-state index in [2.05, 4.69) is 20.6 Å². The van der Waals surface area contributed by atoms with Gasteiger partial charge < -0.3 is 21.1 Å². The minimum absolute atomic E-state index is 0.138.